The maximum atomic E-state index is 6.34. The van der Waals surface area contributed by atoms with Crippen molar-refractivity contribution in [3.05, 3.63) is 69.7 Å². The molecule has 20 heavy (non-hydrogen) atoms. The molecule has 0 amide bonds. The molecule has 1 aliphatic heterocycles. The van der Waals surface area contributed by atoms with Gasteiger partial charge in [0.15, 0.2) is 0 Å². The molecule has 2 aromatic carbocycles. The fraction of sp³-hybridized carbons (Fsp3) is 0.250. The maximum absolute atomic E-state index is 6.34. The molecule has 0 aliphatic carbocycles. The standard InChI is InChI=1S/C16H15Cl2NO/c17-12-6-7-14(15(18)8-12)16(20-13-9-19-10-13)11-4-2-1-3-5-11/h1-8,13,16,19H,9-10H2. The monoisotopic (exact) mass is 307 g/mol. The molecule has 0 bridgehead atoms. The molecule has 104 valence electrons. The smallest absolute Gasteiger partial charge is 0.109 e. The van der Waals surface area contributed by atoms with Crippen molar-refractivity contribution in [3.8, 4) is 0 Å². The number of rotatable bonds is 4. The average Bonchev–Trinajstić information content (AvgIpc) is 2.40. The third kappa shape index (κ3) is 2.99. The van der Waals surface area contributed by atoms with Crippen molar-refractivity contribution >= 4 is 23.2 Å². The first-order valence-electron chi connectivity index (χ1n) is 6.60. The molecule has 2 nitrogen and oxygen atoms in total. The predicted molar refractivity (Wildman–Crippen MR) is 82.5 cm³/mol. The van der Waals surface area contributed by atoms with E-state index in [4.69, 9.17) is 27.9 Å². The minimum atomic E-state index is -0.159. The zero-order valence-corrected chi connectivity index (χ0v) is 12.4. The molecule has 1 aliphatic rings. The Hall–Kier alpha value is -1.06. The van der Waals surface area contributed by atoms with Crippen molar-refractivity contribution in [1.82, 2.24) is 5.32 Å². The first kappa shape index (κ1) is 13.9. The van der Waals surface area contributed by atoms with Gasteiger partial charge >= 0.3 is 0 Å². The summed E-state index contributed by atoms with van der Waals surface area (Å²) in [6.07, 6.45) is 0.0695. The second-order valence-electron chi connectivity index (χ2n) is 4.87. The highest BCUT2D eigenvalue weighted by Crippen LogP contribution is 2.34. The molecule has 3 rings (SSSR count). The molecule has 0 radical (unpaired) electrons. The molecule has 1 heterocycles. The third-order valence-corrected chi connectivity index (χ3v) is 3.98. The van der Waals surface area contributed by atoms with Gasteiger partial charge in [-0.3, -0.25) is 0 Å². The molecule has 1 N–H and O–H groups in total. The number of ether oxygens (including phenoxy) is 1. The van der Waals surface area contributed by atoms with Crippen LogP contribution in [0.4, 0.5) is 0 Å². The lowest BCUT2D eigenvalue weighted by molar-refractivity contribution is -0.0201. The summed E-state index contributed by atoms with van der Waals surface area (Å²) in [5, 5.41) is 4.49. The SMILES string of the molecule is Clc1ccc(C(OC2CNC2)c2ccccc2)c(Cl)c1. The molecule has 0 saturated carbocycles. The molecule has 4 heteroatoms. The predicted octanol–water partition coefficient (Wildman–Crippen LogP) is 4.07. The summed E-state index contributed by atoms with van der Waals surface area (Å²) in [5.74, 6) is 0. The van der Waals surface area contributed by atoms with Crippen LogP contribution >= 0.6 is 23.2 Å². The van der Waals surface area contributed by atoms with Crippen LogP contribution in [0.25, 0.3) is 0 Å². The second-order valence-corrected chi connectivity index (χ2v) is 5.72. The van der Waals surface area contributed by atoms with Crippen LogP contribution in [0.15, 0.2) is 48.5 Å². The Labute approximate surface area is 128 Å². The summed E-state index contributed by atoms with van der Waals surface area (Å²) >= 11 is 12.3. The van der Waals surface area contributed by atoms with Gasteiger partial charge in [-0.25, -0.2) is 0 Å². The van der Waals surface area contributed by atoms with Crippen LogP contribution in [0.5, 0.6) is 0 Å². The average molecular weight is 308 g/mol. The molecule has 1 unspecified atom stereocenters. The van der Waals surface area contributed by atoms with Crippen molar-refractivity contribution in [2.45, 2.75) is 12.2 Å². The number of benzene rings is 2. The van der Waals surface area contributed by atoms with E-state index >= 15 is 0 Å². The minimum absolute atomic E-state index is 0.159. The molecule has 1 atom stereocenters. The minimum Gasteiger partial charge on any atom is -0.363 e. The lowest BCUT2D eigenvalue weighted by Crippen LogP contribution is -2.49. The van der Waals surface area contributed by atoms with E-state index < -0.39 is 0 Å². The van der Waals surface area contributed by atoms with Gasteiger partial charge in [-0.1, -0.05) is 59.6 Å². The number of halogens is 2. The third-order valence-electron chi connectivity index (χ3n) is 3.42. The molecule has 1 saturated heterocycles. The zero-order chi connectivity index (χ0) is 13.9. The van der Waals surface area contributed by atoms with Crippen LogP contribution < -0.4 is 5.32 Å². The van der Waals surface area contributed by atoms with Crippen molar-refractivity contribution in [1.29, 1.82) is 0 Å². The summed E-state index contributed by atoms with van der Waals surface area (Å²) in [6, 6.07) is 15.7. The lowest BCUT2D eigenvalue weighted by Gasteiger charge is -2.32. The van der Waals surface area contributed by atoms with Crippen LogP contribution in [0.3, 0.4) is 0 Å². The molecular formula is C16H15Cl2NO. The first-order chi connectivity index (χ1) is 9.74. The van der Waals surface area contributed by atoms with Gasteiger partial charge < -0.3 is 10.1 Å². The van der Waals surface area contributed by atoms with Gasteiger partial charge in [0.1, 0.15) is 6.10 Å². The van der Waals surface area contributed by atoms with Crippen molar-refractivity contribution in [2.24, 2.45) is 0 Å². The fourth-order valence-corrected chi connectivity index (χ4v) is 2.73. The van der Waals surface area contributed by atoms with Gasteiger partial charge in [0.05, 0.1) is 6.10 Å². The van der Waals surface area contributed by atoms with Crippen LogP contribution in [-0.2, 0) is 4.74 Å². The highest BCUT2D eigenvalue weighted by Gasteiger charge is 2.25. The Bertz CT molecular complexity index is 584. The quantitative estimate of drug-likeness (QED) is 0.919. The summed E-state index contributed by atoms with van der Waals surface area (Å²) in [5.41, 5.74) is 2.05. The molecule has 0 aromatic heterocycles. The Morgan fingerprint density at radius 3 is 2.40 bits per heavy atom. The number of nitrogens with one attached hydrogen (secondary N) is 1. The van der Waals surface area contributed by atoms with Crippen molar-refractivity contribution in [3.63, 3.8) is 0 Å². The normalized spacial score (nSPS) is 16.7. The van der Waals surface area contributed by atoms with Gasteiger partial charge in [0.2, 0.25) is 0 Å². The molecule has 2 aromatic rings. The van der Waals surface area contributed by atoms with Gasteiger partial charge in [0, 0.05) is 28.7 Å². The van der Waals surface area contributed by atoms with E-state index in [0.717, 1.165) is 24.2 Å². The van der Waals surface area contributed by atoms with Crippen LogP contribution in [0.2, 0.25) is 10.0 Å². The second kappa shape index (κ2) is 6.15. The van der Waals surface area contributed by atoms with Crippen molar-refractivity contribution < 1.29 is 4.74 Å². The van der Waals surface area contributed by atoms with E-state index in [1.165, 1.54) is 0 Å². The molecule has 1 fully saturated rings. The highest BCUT2D eigenvalue weighted by molar-refractivity contribution is 6.35. The van der Waals surface area contributed by atoms with E-state index in [0.29, 0.717) is 10.0 Å². The van der Waals surface area contributed by atoms with Crippen LogP contribution in [-0.4, -0.2) is 19.2 Å². The van der Waals surface area contributed by atoms with E-state index in [1.54, 1.807) is 6.07 Å². The Balaban J connectivity index is 1.95. The first-order valence-corrected chi connectivity index (χ1v) is 7.35. The van der Waals surface area contributed by atoms with E-state index in [9.17, 15) is 0 Å². The number of hydrogen-bond donors (Lipinski definition) is 1. The van der Waals surface area contributed by atoms with E-state index in [1.807, 2.05) is 30.3 Å². The lowest BCUT2D eigenvalue weighted by atomic mass is 10.0. The van der Waals surface area contributed by atoms with Gasteiger partial charge in [-0.2, -0.15) is 0 Å². The van der Waals surface area contributed by atoms with Crippen LogP contribution in [0, 0.1) is 0 Å². The molecular weight excluding hydrogens is 293 g/mol. The summed E-state index contributed by atoms with van der Waals surface area (Å²) in [4.78, 5) is 0. The van der Waals surface area contributed by atoms with E-state index in [-0.39, 0.29) is 12.2 Å². The van der Waals surface area contributed by atoms with Gasteiger partial charge in [-0.15, -0.1) is 0 Å². The summed E-state index contributed by atoms with van der Waals surface area (Å²) in [7, 11) is 0. The fourth-order valence-electron chi connectivity index (χ4n) is 2.22. The summed E-state index contributed by atoms with van der Waals surface area (Å²) < 4.78 is 6.19. The topological polar surface area (TPSA) is 21.3 Å². The van der Waals surface area contributed by atoms with Gasteiger partial charge in [-0.05, 0) is 17.7 Å². The Kier molecular flexibility index (Phi) is 4.27. The Morgan fingerprint density at radius 1 is 1.05 bits per heavy atom. The van der Waals surface area contributed by atoms with E-state index in [2.05, 4.69) is 17.4 Å². The number of hydrogen-bond acceptors (Lipinski definition) is 2. The Morgan fingerprint density at radius 2 is 1.80 bits per heavy atom. The van der Waals surface area contributed by atoms with Gasteiger partial charge in [0.25, 0.3) is 0 Å². The van der Waals surface area contributed by atoms with Crippen LogP contribution in [0.1, 0.15) is 17.2 Å². The highest BCUT2D eigenvalue weighted by atomic mass is 35.5. The zero-order valence-electron chi connectivity index (χ0n) is 10.9. The maximum Gasteiger partial charge on any atom is 0.109 e. The molecule has 0 spiro atoms. The summed E-state index contributed by atoms with van der Waals surface area (Å²) in [6.45, 7) is 1.77. The van der Waals surface area contributed by atoms with Crippen molar-refractivity contribution in [2.75, 3.05) is 13.1 Å². The largest absolute Gasteiger partial charge is 0.363 e.